The van der Waals surface area contributed by atoms with E-state index in [0.29, 0.717) is 0 Å². The van der Waals surface area contributed by atoms with Crippen LogP contribution in [0.25, 0.3) is 0 Å². The fourth-order valence-corrected chi connectivity index (χ4v) is 1.66. The van der Waals surface area contributed by atoms with Gasteiger partial charge in [0.1, 0.15) is 0 Å². The lowest BCUT2D eigenvalue weighted by Crippen LogP contribution is -2.18. The van der Waals surface area contributed by atoms with Crippen LogP contribution in [0.15, 0.2) is 23.3 Å². The molecular weight excluding hydrogens is 160 g/mol. The zero-order valence-corrected chi connectivity index (χ0v) is 8.97. The Morgan fingerprint density at radius 1 is 1.54 bits per heavy atom. The summed E-state index contributed by atoms with van der Waals surface area (Å²) in [7, 11) is 0. The van der Waals surface area contributed by atoms with Crippen LogP contribution in [0.2, 0.25) is 0 Å². The van der Waals surface area contributed by atoms with Gasteiger partial charge in [0.05, 0.1) is 6.10 Å². The van der Waals surface area contributed by atoms with Crippen LogP contribution < -0.4 is 0 Å². The van der Waals surface area contributed by atoms with Crippen molar-refractivity contribution < 1.29 is 4.74 Å². The number of rotatable bonds is 1. The van der Waals surface area contributed by atoms with Gasteiger partial charge in [-0.1, -0.05) is 12.2 Å². The van der Waals surface area contributed by atoms with Gasteiger partial charge in [-0.25, -0.2) is 0 Å². The minimum atomic E-state index is 0.241. The summed E-state index contributed by atoms with van der Waals surface area (Å²) < 4.78 is 5.81. The smallest absolute Gasteiger partial charge is 0.0990 e. The molecule has 0 aliphatic carbocycles. The Labute approximate surface area is 81.5 Å². The van der Waals surface area contributed by atoms with E-state index in [0.717, 1.165) is 6.61 Å². The molecule has 0 aromatic heterocycles. The molecule has 0 saturated carbocycles. The van der Waals surface area contributed by atoms with Crippen molar-refractivity contribution in [2.24, 2.45) is 0 Å². The van der Waals surface area contributed by atoms with Gasteiger partial charge in [-0.2, -0.15) is 0 Å². The maximum atomic E-state index is 5.81. The van der Waals surface area contributed by atoms with Crippen LogP contribution in [-0.4, -0.2) is 12.7 Å². The van der Waals surface area contributed by atoms with Crippen molar-refractivity contribution >= 4 is 0 Å². The summed E-state index contributed by atoms with van der Waals surface area (Å²) in [6.07, 6.45) is 8.37. The lowest BCUT2D eigenvalue weighted by molar-refractivity contribution is 0.0943. The monoisotopic (exact) mass is 180 g/mol. The number of allylic oxidation sites excluding steroid dienone is 2. The molecular formula is C12H20O. The maximum absolute atomic E-state index is 5.81. The summed E-state index contributed by atoms with van der Waals surface area (Å²) in [4.78, 5) is 0. The molecule has 0 amide bonds. The van der Waals surface area contributed by atoms with Crippen molar-refractivity contribution in [3.63, 3.8) is 0 Å². The van der Waals surface area contributed by atoms with E-state index in [4.69, 9.17) is 4.74 Å². The first-order valence-electron chi connectivity index (χ1n) is 5.16. The van der Waals surface area contributed by atoms with Crippen LogP contribution in [0.5, 0.6) is 0 Å². The average Bonchev–Trinajstić information content (AvgIpc) is 2.11. The maximum Gasteiger partial charge on any atom is 0.0990 e. The third kappa shape index (κ3) is 3.00. The van der Waals surface area contributed by atoms with Gasteiger partial charge in [0.25, 0.3) is 0 Å². The van der Waals surface area contributed by atoms with Gasteiger partial charge in [0.15, 0.2) is 0 Å². The highest BCUT2D eigenvalue weighted by Crippen LogP contribution is 2.19. The van der Waals surface area contributed by atoms with E-state index >= 15 is 0 Å². The molecule has 13 heavy (non-hydrogen) atoms. The largest absolute Gasteiger partial charge is 0.370 e. The fourth-order valence-electron chi connectivity index (χ4n) is 1.66. The van der Waals surface area contributed by atoms with Gasteiger partial charge in [0.2, 0.25) is 0 Å². The Morgan fingerprint density at radius 3 is 3.00 bits per heavy atom. The zero-order valence-electron chi connectivity index (χ0n) is 8.97. The minimum absolute atomic E-state index is 0.241. The quantitative estimate of drug-likeness (QED) is 0.561. The van der Waals surface area contributed by atoms with Crippen LogP contribution in [-0.2, 0) is 4.74 Å². The number of hydrogen-bond acceptors (Lipinski definition) is 1. The molecule has 0 aromatic carbocycles. The second kappa shape index (κ2) is 5.23. The molecule has 0 radical (unpaired) electrons. The molecule has 0 spiro atoms. The Bertz CT molecular complexity index is 213. The van der Waals surface area contributed by atoms with Crippen LogP contribution in [0.4, 0.5) is 0 Å². The van der Waals surface area contributed by atoms with E-state index in [1.165, 1.54) is 30.4 Å². The van der Waals surface area contributed by atoms with Crippen molar-refractivity contribution in [1.29, 1.82) is 0 Å². The summed E-state index contributed by atoms with van der Waals surface area (Å²) in [5.41, 5.74) is 2.70. The Kier molecular flexibility index (Phi) is 4.23. The summed E-state index contributed by atoms with van der Waals surface area (Å²) >= 11 is 0. The van der Waals surface area contributed by atoms with Crippen LogP contribution in [0.1, 0.15) is 40.0 Å². The first-order chi connectivity index (χ1) is 6.25. The van der Waals surface area contributed by atoms with Gasteiger partial charge >= 0.3 is 0 Å². The van der Waals surface area contributed by atoms with Gasteiger partial charge in [-0.3, -0.25) is 0 Å². The summed E-state index contributed by atoms with van der Waals surface area (Å²) in [6, 6.07) is 0. The van der Waals surface area contributed by atoms with Crippen LogP contribution in [0.3, 0.4) is 0 Å². The van der Waals surface area contributed by atoms with Crippen molar-refractivity contribution in [3.05, 3.63) is 23.3 Å². The first kappa shape index (κ1) is 10.5. The second-order valence-electron chi connectivity index (χ2n) is 3.73. The molecule has 0 fully saturated rings. The van der Waals surface area contributed by atoms with Gasteiger partial charge < -0.3 is 4.74 Å². The average molecular weight is 180 g/mol. The molecule has 0 saturated heterocycles. The third-order valence-corrected chi connectivity index (χ3v) is 2.63. The van der Waals surface area contributed by atoms with Crippen molar-refractivity contribution in [2.75, 3.05) is 6.61 Å². The van der Waals surface area contributed by atoms with Crippen molar-refractivity contribution in [3.8, 4) is 0 Å². The number of ether oxygens (including phenoxy) is 1. The molecule has 1 rings (SSSR count). The summed E-state index contributed by atoms with van der Waals surface area (Å²) in [6.45, 7) is 7.29. The third-order valence-electron chi connectivity index (χ3n) is 2.63. The highest BCUT2D eigenvalue weighted by Gasteiger charge is 2.13. The summed E-state index contributed by atoms with van der Waals surface area (Å²) in [5, 5.41) is 0. The van der Waals surface area contributed by atoms with Gasteiger partial charge in [0, 0.05) is 6.61 Å². The highest BCUT2D eigenvalue weighted by atomic mass is 16.5. The normalized spacial score (nSPS) is 30.2. The second-order valence-corrected chi connectivity index (χ2v) is 3.73. The predicted octanol–water partition coefficient (Wildman–Crippen LogP) is 3.47. The molecule has 1 aliphatic rings. The molecule has 0 bridgehead atoms. The van der Waals surface area contributed by atoms with Crippen LogP contribution >= 0.6 is 0 Å². The molecule has 1 aliphatic heterocycles. The molecule has 0 N–H and O–H groups in total. The van der Waals surface area contributed by atoms with E-state index in [2.05, 4.69) is 32.9 Å². The van der Waals surface area contributed by atoms with Gasteiger partial charge in [-0.05, 0) is 51.2 Å². The van der Waals surface area contributed by atoms with E-state index < -0.39 is 0 Å². The molecule has 0 unspecified atom stereocenters. The Hall–Kier alpha value is -0.560. The lowest BCUT2D eigenvalue weighted by Gasteiger charge is -2.21. The van der Waals surface area contributed by atoms with Crippen molar-refractivity contribution in [2.45, 2.75) is 46.1 Å². The molecule has 1 heteroatoms. The predicted molar refractivity (Wildman–Crippen MR) is 56.8 cm³/mol. The molecule has 74 valence electrons. The highest BCUT2D eigenvalue weighted by molar-refractivity contribution is 5.20. The Morgan fingerprint density at radius 2 is 2.31 bits per heavy atom. The fraction of sp³-hybridized carbons (Fsp3) is 0.667. The molecule has 1 nitrogen and oxygen atoms in total. The van der Waals surface area contributed by atoms with E-state index in [1.54, 1.807) is 0 Å². The lowest BCUT2D eigenvalue weighted by atomic mass is 10.0. The molecule has 0 aromatic rings. The van der Waals surface area contributed by atoms with E-state index in [1.807, 2.05) is 0 Å². The standard InChI is InChI=1S/C12H20O/c1-4-10(2)12-11(3)8-6-5-7-9-13-12/h4,8,12H,5-7,9H2,1-3H3/b10-4+,11-8-/t12-/m0/s1. The topological polar surface area (TPSA) is 9.23 Å². The molecule has 1 heterocycles. The van der Waals surface area contributed by atoms with E-state index in [9.17, 15) is 0 Å². The first-order valence-corrected chi connectivity index (χ1v) is 5.16. The minimum Gasteiger partial charge on any atom is -0.370 e. The number of hydrogen-bond donors (Lipinski definition) is 0. The van der Waals surface area contributed by atoms with E-state index in [-0.39, 0.29) is 6.10 Å². The Balaban J connectivity index is 2.72. The summed E-state index contributed by atoms with van der Waals surface area (Å²) in [5.74, 6) is 0. The molecule has 1 atom stereocenters. The zero-order chi connectivity index (χ0) is 9.68. The van der Waals surface area contributed by atoms with Gasteiger partial charge in [-0.15, -0.1) is 0 Å². The SMILES string of the molecule is C/C=C(\C)[C@@H]1OCCCC/C=C\1C. The van der Waals surface area contributed by atoms with Crippen LogP contribution in [0, 0.1) is 0 Å². The van der Waals surface area contributed by atoms with Crippen molar-refractivity contribution in [1.82, 2.24) is 0 Å².